The molecule has 0 bridgehead atoms. The number of thiocarbonyl (C=S) groups is 2. The first kappa shape index (κ1) is 54.3. The van der Waals surface area contributed by atoms with Crippen molar-refractivity contribution in [2.24, 2.45) is 5.73 Å². The number of nitrogens with zero attached hydrogens (tertiary/aromatic N) is 3. The van der Waals surface area contributed by atoms with Crippen molar-refractivity contribution in [2.75, 3.05) is 56.4 Å². The number of rotatable bonds is 32. The maximum atomic E-state index is 12.3. The molecule has 0 aliphatic rings. The Labute approximate surface area is 368 Å². The number of hydrogen-bond donors (Lipinski definition) is 11. The molecule has 22 heteroatoms. The van der Waals surface area contributed by atoms with Gasteiger partial charge in [-0.3, -0.25) is 44.4 Å². The minimum Gasteiger partial charge on any atom is -0.480 e. The minimum absolute atomic E-state index is 0.0609. The number of unbranched alkanes of at least 4 members (excludes halogenated alkanes) is 7. The standard InChI is InChI=1S/C39H66N10O10S2/c1-29(50)47(57)26-10-2-6-22-41-33(51)18-20-35(53)48(58)27-11-3-7-23-42-34(52)19-21-36(54)49(59)28-12-4-8-24-43-38(60)45-30-14-16-31(17-15-30)46-39(61)44-25-9-5-13-32(40)37(55)56/h14-17,32,57-59H,2-13,18-28,40H2,1H3,(H,41,51)(H,42,52)(H,55,56)(H2,43,45,60)(H2,44,46,61)/t32-/m0/s1. The highest BCUT2D eigenvalue weighted by Crippen LogP contribution is 2.14. The fourth-order valence-corrected chi connectivity index (χ4v) is 5.87. The van der Waals surface area contributed by atoms with Crippen molar-refractivity contribution in [2.45, 2.75) is 116 Å². The van der Waals surface area contributed by atoms with Crippen LogP contribution in [0.3, 0.4) is 0 Å². The molecule has 1 atom stereocenters. The van der Waals surface area contributed by atoms with Gasteiger partial charge in [0.2, 0.25) is 29.5 Å². The third-order valence-electron chi connectivity index (χ3n) is 9.09. The predicted molar refractivity (Wildman–Crippen MR) is 237 cm³/mol. The van der Waals surface area contributed by atoms with E-state index >= 15 is 0 Å². The van der Waals surface area contributed by atoms with E-state index in [4.69, 9.17) is 35.3 Å². The van der Waals surface area contributed by atoms with Gasteiger partial charge in [0.05, 0.1) is 0 Å². The maximum Gasteiger partial charge on any atom is 0.320 e. The van der Waals surface area contributed by atoms with Gasteiger partial charge in [0.1, 0.15) is 6.04 Å². The number of hydrogen-bond acceptors (Lipinski definition) is 12. The molecule has 0 aliphatic heterocycles. The summed E-state index contributed by atoms with van der Waals surface area (Å²) in [5.41, 5.74) is 7.06. The molecule has 0 saturated heterocycles. The molecule has 0 spiro atoms. The second-order valence-electron chi connectivity index (χ2n) is 14.3. The lowest BCUT2D eigenvalue weighted by molar-refractivity contribution is -0.166. The maximum absolute atomic E-state index is 12.3. The van der Waals surface area contributed by atoms with Crippen molar-refractivity contribution >= 4 is 81.5 Å². The van der Waals surface area contributed by atoms with E-state index in [9.17, 15) is 44.4 Å². The molecule has 61 heavy (non-hydrogen) atoms. The highest BCUT2D eigenvalue weighted by Gasteiger charge is 2.15. The predicted octanol–water partition coefficient (Wildman–Crippen LogP) is 2.82. The molecule has 1 aromatic rings. The molecule has 20 nitrogen and oxygen atoms in total. The average molecular weight is 899 g/mol. The number of aliphatic carboxylic acids is 1. The molecule has 1 rings (SSSR count). The number of nitrogens with two attached hydrogens (primary N) is 1. The monoisotopic (exact) mass is 898 g/mol. The van der Waals surface area contributed by atoms with Gasteiger partial charge in [0.15, 0.2) is 10.2 Å². The van der Waals surface area contributed by atoms with Crippen molar-refractivity contribution in [3.8, 4) is 0 Å². The summed E-state index contributed by atoms with van der Waals surface area (Å²) < 4.78 is 0. The van der Waals surface area contributed by atoms with Crippen LogP contribution in [-0.4, -0.2) is 134 Å². The Balaban J connectivity index is 2.05. The number of carboxylic acid groups (broad SMARTS) is 1. The first-order chi connectivity index (χ1) is 29.1. The molecule has 0 radical (unpaired) electrons. The van der Waals surface area contributed by atoms with Gasteiger partial charge in [0.25, 0.3) is 0 Å². The Bertz CT molecular complexity index is 1530. The molecule has 0 saturated carbocycles. The number of anilines is 2. The Kier molecular flexibility index (Phi) is 29.3. The van der Waals surface area contributed by atoms with Gasteiger partial charge < -0.3 is 42.7 Å². The minimum atomic E-state index is -1.00. The molecular formula is C39H66N10O10S2. The third-order valence-corrected chi connectivity index (χ3v) is 9.58. The first-order valence-electron chi connectivity index (χ1n) is 20.8. The number of carbonyl (C=O) groups excluding carboxylic acids is 5. The van der Waals surface area contributed by atoms with Crippen LogP contribution < -0.4 is 37.6 Å². The lowest BCUT2D eigenvalue weighted by atomic mass is 10.1. The molecule has 0 heterocycles. The number of nitrogens with one attached hydrogen (secondary N) is 6. The topological polar surface area (TPSA) is 291 Å². The second kappa shape index (κ2) is 33.0. The summed E-state index contributed by atoms with van der Waals surface area (Å²) in [5.74, 6) is -3.18. The van der Waals surface area contributed by atoms with Crippen LogP contribution in [0.1, 0.15) is 110 Å². The second-order valence-corrected chi connectivity index (χ2v) is 15.2. The fraction of sp³-hybridized carbons (Fsp3) is 0.641. The van der Waals surface area contributed by atoms with Gasteiger partial charge in [-0.1, -0.05) is 0 Å². The van der Waals surface area contributed by atoms with Gasteiger partial charge in [-0.25, -0.2) is 15.2 Å². The summed E-state index contributed by atoms with van der Waals surface area (Å²) >= 11 is 10.7. The first-order valence-corrected chi connectivity index (χ1v) is 21.6. The zero-order valence-electron chi connectivity index (χ0n) is 35.1. The molecule has 344 valence electrons. The Morgan fingerprint density at radius 1 is 0.557 bits per heavy atom. The highest BCUT2D eigenvalue weighted by molar-refractivity contribution is 7.80. The quantitative estimate of drug-likeness (QED) is 0.0215. The van der Waals surface area contributed by atoms with E-state index in [1.54, 1.807) is 0 Å². The van der Waals surface area contributed by atoms with E-state index < -0.39 is 29.7 Å². The summed E-state index contributed by atoms with van der Waals surface area (Å²) in [6.45, 7) is 3.65. The molecule has 12 N–H and O–H groups in total. The van der Waals surface area contributed by atoms with Gasteiger partial charge in [0, 0.05) is 89.8 Å². The van der Waals surface area contributed by atoms with Gasteiger partial charge >= 0.3 is 5.97 Å². The normalized spacial score (nSPS) is 11.1. The summed E-state index contributed by atoms with van der Waals surface area (Å²) in [7, 11) is 0. The number of benzene rings is 1. The molecule has 0 aliphatic carbocycles. The Hall–Kier alpha value is -4.74. The van der Waals surface area contributed by atoms with Crippen LogP contribution in [0.4, 0.5) is 11.4 Å². The fourth-order valence-electron chi connectivity index (χ4n) is 5.43. The number of carbonyl (C=O) groups is 6. The highest BCUT2D eigenvalue weighted by atomic mass is 32.1. The molecule has 5 amide bonds. The average Bonchev–Trinajstić information content (AvgIpc) is 3.22. The molecule has 1 aromatic carbocycles. The van der Waals surface area contributed by atoms with E-state index in [0.29, 0.717) is 109 Å². The summed E-state index contributed by atoms with van der Waals surface area (Å²) in [4.78, 5) is 70.2. The lowest BCUT2D eigenvalue weighted by Crippen LogP contribution is -2.31. The van der Waals surface area contributed by atoms with Crippen LogP contribution in [0, 0.1) is 0 Å². The van der Waals surface area contributed by atoms with E-state index in [1.165, 1.54) is 6.92 Å². The van der Waals surface area contributed by atoms with Crippen LogP contribution >= 0.6 is 24.4 Å². The van der Waals surface area contributed by atoms with Crippen molar-refractivity contribution in [3.05, 3.63) is 24.3 Å². The molecule has 0 unspecified atom stereocenters. The Morgan fingerprint density at radius 3 is 1.30 bits per heavy atom. The van der Waals surface area contributed by atoms with E-state index in [2.05, 4.69) is 31.9 Å². The molecule has 0 aromatic heterocycles. The van der Waals surface area contributed by atoms with Gasteiger partial charge in [-0.15, -0.1) is 0 Å². The summed E-state index contributed by atoms with van der Waals surface area (Å²) in [6, 6.07) is 6.53. The third kappa shape index (κ3) is 28.4. The van der Waals surface area contributed by atoms with Crippen LogP contribution in [0.25, 0.3) is 0 Å². The van der Waals surface area contributed by atoms with Gasteiger partial charge in [-0.2, -0.15) is 0 Å². The van der Waals surface area contributed by atoms with Crippen LogP contribution in [0.2, 0.25) is 0 Å². The smallest absolute Gasteiger partial charge is 0.320 e. The summed E-state index contributed by atoms with van der Waals surface area (Å²) in [5, 5.41) is 58.8. The van der Waals surface area contributed by atoms with Crippen LogP contribution in [0.15, 0.2) is 24.3 Å². The van der Waals surface area contributed by atoms with Crippen molar-refractivity contribution in [1.29, 1.82) is 0 Å². The zero-order valence-corrected chi connectivity index (χ0v) is 36.8. The molecular weight excluding hydrogens is 833 g/mol. The number of carboxylic acids is 1. The number of hydroxylamine groups is 6. The number of amides is 5. The van der Waals surface area contributed by atoms with Crippen LogP contribution in [-0.2, 0) is 28.8 Å². The van der Waals surface area contributed by atoms with Gasteiger partial charge in [-0.05, 0) is 126 Å². The zero-order chi connectivity index (χ0) is 45.4. The van der Waals surface area contributed by atoms with E-state index in [0.717, 1.165) is 30.6 Å². The van der Waals surface area contributed by atoms with E-state index in [-0.39, 0.29) is 57.1 Å². The summed E-state index contributed by atoms with van der Waals surface area (Å²) in [6.07, 6.45) is 7.09. The van der Waals surface area contributed by atoms with E-state index in [1.807, 2.05) is 24.3 Å². The van der Waals surface area contributed by atoms with Crippen molar-refractivity contribution in [1.82, 2.24) is 36.5 Å². The lowest BCUT2D eigenvalue weighted by Gasteiger charge is -2.15. The SMILES string of the molecule is CC(=O)N(O)CCCCCNC(=O)CCC(=O)N(O)CCCCCNC(=O)CCC(=O)N(O)CCCCCNC(=S)Nc1ccc(NC(=S)NCCCC[C@H](N)C(=O)O)cc1. The van der Waals surface area contributed by atoms with Crippen molar-refractivity contribution in [3.63, 3.8) is 0 Å². The van der Waals surface area contributed by atoms with Crippen LogP contribution in [0.5, 0.6) is 0 Å². The Morgan fingerprint density at radius 2 is 0.918 bits per heavy atom. The largest absolute Gasteiger partial charge is 0.480 e. The van der Waals surface area contributed by atoms with Crippen molar-refractivity contribution < 1.29 is 49.5 Å². The molecule has 0 fully saturated rings.